The summed E-state index contributed by atoms with van der Waals surface area (Å²) in [6.07, 6.45) is 1.06. The summed E-state index contributed by atoms with van der Waals surface area (Å²) in [5, 5.41) is 0. The van der Waals surface area contributed by atoms with Gasteiger partial charge in [0, 0.05) is 12.1 Å². The van der Waals surface area contributed by atoms with Crippen molar-refractivity contribution in [2.45, 2.75) is 52.1 Å². The molecule has 0 saturated heterocycles. The van der Waals surface area contributed by atoms with Crippen molar-refractivity contribution in [3.05, 3.63) is 59.2 Å². The lowest BCUT2D eigenvalue weighted by Crippen LogP contribution is -2.57. The topological polar surface area (TPSA) is 32.8 Å². The predicted molar refractivity (Wildman–Crippen MR) is 108 cm³/mol. The zero-order chi connectivity index (χ0) is 19.2. The van der Waals surface area contributed by atoms with Crippen molar-refractivity contribution in [3.8, 4) is 5.75 Å². The molecule has 0 fully saturated rings. The summed E-state index contributed by atoms with van der Waals surface area (Å²) in [6.45, 7) is 10.6. The zero-order valence-electron chi connectivity index (χ0n) is 16.7. The molecule has 0 radical (unpaired) electrons. The first-order valence-corrected chi connectivity index (χ1v) is 9.82. The Bertz CT molecular complexity index is 860. The minimum absolute atomic E-state index is 0.00390. The smallest absolute Gasteiger partial charge is 0.257 e. The van der Waals surface area contributed by atoms with Gasteiger partial charge in [-0.05, 0) is 56.4 Å². The number of hydrogen-bond donors (Lipinski definition) is 0. The van der Waals surface area contributed by atoms with E-state index >= 15 is 0 Å². The van der Waals surface area contributed by atoms with E-state index in [2.05, 4.69) is 43.9 Å². The third kappa shape index (κ3) is 3.07. The van der Waals surface area contributed by atoms with Crippen LogP contribution in [0, 0.1) is 0 Å². The summed E-state index contributed by atoms with van der Waals surface area (Å²) in [5.41, 5.74) is 4.28. The summed E-state index contributed by atoms with van der Waals surface area (Å²) in [5.74, 6) is 1.30. The lowest BCUT2D eigenvalue weighted by Gasteiger charge is -2.52. The van der Waals surface area contributed by atoms with Crippen LogP contribution in [0.15, 0.2) is 42.5 Å². The number of anilines is 1. The molecule has 2 aromatic rings. The van der Waals surface area contributed by atoms with E-state index in [1.54, 1.807) is 0 Å². The fourth-order valence-corrected chi connectivity index (χ4v) is 4.58. The summed E-state index contributed by atoms with van der Waals surface area (Å²) < 4.78 is 5.79. The Morgan fingerprint density at radius 2 is 1.93 bits per heavy atom. The third-order valence-electron chi connectivity index (χ3n) is 5.81. The minimum Gasteiger partial charge on any atom is -0.494 e. The fraction of sp³-hybridized carbons (Fsp3) is 0.435. The molecule has 2 heterocycles. The molecule has 2 aromatic carbocycles. The van der Waals surface area contributed by atoms with Gasteiger partial charge in [0.2, 0.25) is 0 Å². The second-order valence-corrected chi connectivity index (χ2v) is 8.32. The molecule has 2 aliphatic rings. The highest BCUT2D eigenvalue weighted by Crippen LogP contribution is 2.48. The van der Waals surface area contributed by atoms with Crippen LogP contribution in [-0.2, 0) is 6.54 Å². The average Bonchev–Trinajstić information content (AvgIpc) is 2.63. The average molecular weight is 364 g/mol. The van der Waals surface area contributed by atoms with E-state index in [4.69, 9.17) is 4.74 Å². The molecule has 0 N–H and O–H groups in total. The second kappa shape index (κ2) is 6.59. The van der Waals surface area contributed by atoms with Crippen LogP contribution in [0.5, 0.6) is 5.75 Å². The molecule has 1 atom stereocenters. The summed E-state index contributed by atoms with van der Waals surface area (Å²) >= 11 is 0. The molecule has 4 nitrogen and oxygen atoms in total. The highest BCUT2D eigenvalue weighted by Gasteiger charge is 2.43. The molecule has 27 heavy (non-hydrogen) atoms. The molecule has 4 heteroatoms. The molecule has 142 valence electrons. The number of carbonyl (C=O) groups is 1. The highest BCUT2D eigenvalue weighted by atomic mass is 16.5. The Kier molecular flexibility index (Phi) is 4.37. The molecule has 0 bridgehead atoms. The monoisotopic (exact) mass is 364 g/mol. The first-order valence-electron chi connectivity index (χ1n) is 9.82. The van der Waals surface area contributed by atoms with E-state index < -0.39 is 0 Å². The maximum atomic E-state index is 13.4. The minimum atomic E-state index is 0.00390. The van der Waals surface area contributed by atoms with Crippen LogP contribution in [0.2, 0.25) is 0 Å². The molecular weight excluding hydrogens is 336 g/mol. The number of carbonyl (C=O) groups excluding carboxylic acids is 1. The number of benzene rings is 2. The molecule has 0 saturated carbocycles. The van der Waals surface area contributed by atoms with E-state index in [0.29, 0.717) is 25.7 Å². The van der Waals surface area contributed by atoms with Crippen LogP contribution in [-0.4, -0.2) is 29.6 Å². The van der Waals surface area contributed by atoms with Gasteiger partial charge in [-0.2, -0.15) is 0 Å². The van der Waals surface area contributed by atoms with Gasteiger partial charge in [0.1, 0.15) is 5.75 Å². The second-order valence-electron chi connectivity index (χ2n) is 8.32. The van der Waals surface area contributed by atoms with Gasteiger partial charge >= 0.3 is 0 Å². The first kappa shape index (κ1) is 17.9. The quantitative estimate of drug-likeness (QED) is 0.782. The molecule has 4 rings (SSSR count). The highest BCUT2D eigenvalue weighted by molar-refractivity contribution is 6.03. The maximum absolute atomic E-state index is 13.4. The molecule has 2 aliphatic heterocycles. The Labute approximate surface area is 161 Å². The zero-order valence-corrected chi connectivity index (χ0v) is 16.7. The molecular formula is C23H28N2O2. The van der Waals surface area contributed by atoms with Crippen LogP contribution < -0.4 is 9.64 Å². The van der Waals surface area contributed by atoms with Crippen molar-refractivity contribution >= 4 is 11.6 Å². The normalized spacial score (nSPS) is 20.4. The van der Waals surface area contributed by atoms with Crippen molar-refractivity contribution in [2.75, 3.05) is 18.2 Å². The van der Waals surface area contributed by atoms with Gasteiger partial charge in [0.25, 0.3) is 5.91 Å². The van der Waals surface area contributed by atoms with Gasteiger partial charge in [-0.1, -0.05) is 37.3 Å². The number of hydrogen-bond acceptors (Lipinski definition) is 3. The van der Waals surface area contributed by atoms with Gasteiger partial charge in [-0.15, -0.1) is 0 Å². The van der Waals surface area contributed by atoms with Gasteiger partial charge in [0.15, 0.2) is 0 Å². The lowest BCUT2D eigenvalue weighted by molar-refractivity contribution is 0.0708. The van der Waals surface area contributed by atoms with Crippen LogP contribution >= 0.6 is 0 Å². The van der Waals surface area contributed by atoms with Crippen LogP contribution in [0.1, 0.15) is 61.5 Å². The molecule has 0 spiro atoms. The summed E-state index contributed by atoms with van der Waals surface area (Å²) in [7, 11) is 0. The Hall–Kier alpha value is -2.49. The van der Waals surface area contributed by atoms with Crippen LogP contribution in [0.3, 0.4) is 0 Å². The first-order chi connectivity index (χ1) is 12.9. The summed E-state index contributed by atoms with van der Waals surface area (Å²) in [6, 6.07) is 14.3. The van der Waals surface area contributed by atoms with Gasteiger partial charge in [0.05, 0.1) is 24.5 Å². The fourth-order valence-electron chi connectivity index (χ4n) is 4.58. The van der Waals surface area contributed by atoms with E-state index in [-0.39, 0.29) is 11.4 Å². The van der Waals surface area contributed by atoms with Crippen molar-refractivity contribution in [1.29, 1.82) is 0 Å². The van der Waals surface area contributed by atoms with Crippen molar-refractivity contribution in [2.24, 2.45) is 0 Å². The van der Waals surface area contributed by atoms with Crippen molar-refractivity contribution < 1.29 is 9.53 Å². The lowest BCUT2D eigenvalue weighted by atomic mass is 9.78. The summed E-state index contributed by atoms with van der Waals surface area (Å²) in [4.78, 5) is 17.7. The standard InChI is InChI=1S/C23H28N2O2/c1-5-27-18-11-19-16(2)13-23(3,4)25-15-24(14-17-9-7-6-8-10-17)22(26)20(12-18)21(19)25/h6-12,16H,5,13-15H2,1-4H3. The molecule has 0 aliphatic carbocycles. The van der Waals surface area contributed by atoms with Crippen molar-refractivity contribution in [3.63, 3.8) is 0 Å². The predicted octanol–water partition coefficient (Wildman–Crippen LogP) is 4.79. The maximum Gasteiger partial charge on any atom is 0.257 e. The SMILES string of the molecule is CCOc1cc2c3c(c1)C(C)CC(C)(C)N3CN(Cc1ccccc1)C2=O. The van der Waals surface area contributed by atoms with E-state index in [1.165, 1.54) is 5.56 Å². The molecule has 0 aromatic heterocycles. The van der Waals surface area contributed by atoms with Crippen molar-refractivity contribution in [1.82, 2.24) is 4.90 Å². The van der Waals surface area contributed by atoms with Crippen LogP contribution in [0.4, 0.5) is 5.69 Å². The van der Waals surface area contributed by atoms with Gasteiger partial charge in [-0.25, -0.2) is 0 Å². The number of nitrogens with zero attached hydrogens (tertiary/aromatic N) is 2. The number of amides is 1. The van der Waals surface area contributed by atoms with Crippen LogP contribution in [0.25, 0.3) is 0 Å². The molecule has 1 amide bonds. The Morgan fingerprint density at radius 3 is 2.63 bits per heavy atom. The number of rotatable bonds is 4. The third-order valence-corrected chi connectivity index (χ3v) is 5.81. The van der Waals surface area contributed by atoms with Gasteiger partial charge < -0.3 is 14.5 Å². The van der Waals surface area contributed by atoms with E-state index in [1.807, 2.05) is 36.1 Å². The molecule has 1 unspecified atom stereocenters. The van der Waals surface area contributed by atoms with Gasteiger partial charge in [-0.3, -0.25) is 4.79 Å². The van der Waals surface area contributed by atoms with E-state index in [0.717, 1.165) is 29.0 Å². The largest absolute Gasteiger partial charge is 0.494 e. The van der Waals surface area contributed by atoms with E-state index in [9.17, 15) is 4.79 Å². The Morgan fingerprint density at radius 1 is 1.19 bits per heavy atom. The Balaban J connectivity index is 1.80. The number of ether oxygens (including phenoxy) is 1.